The number of methoxy groups -OCH3 is 1. The SMILES string of the molecule is COc1ccccc1Oc1ccc(NC(=O)Cc2cc(C)no2)cn1. The molecule has 1 N–H and O–H groups in total. The third-order valence-electron chi connectivity index (χ3n) is 3.32. The highest BCUT2D eigenvalue weighted by Crippen LogP contribution is 2.30. The van der Waals surface area contributed by atoms with Crippen LogP contribution in [0.1, 0.15) is 11.5 Å². The van der Waals surface area contributed by atoms with Crippen LogP contribution in [0.25, 0.3) is 0 Å². The standard InChI is InChI=1S/C18H17N3O4/c1-12-9-14(25-21-12)10-17(22)20-13-7-8-18(19-11-13)24-16-6-4-3-5-15(16)23-2/h3-9,11H,10H2,1-2H3,(H,20,22). The zero-order valence-corrected chi connectivity index (χ0v) is 13.9. The van der Waals surface area contributed by atoms with Gasteiger partial charge in [-0.1, -0.05) is 17.3 Å². The van der Waals surface area contributed by atoms with Gasteiger partial charge in [-0.3, -0.25) is 4.79 Å². The number of benzene rings is 1. The summed E-state index contributed by atoms with van der Waals surface area (Å²) in [6.07, 6.45) is 1.63. The Kier molecular flexibility index (Phi) is 4.94. The summed E-state index contributed by atoms with van der Waals surface area (Å²) < 4.78 is 15.9. The van der Waals surface area contributed by atoms with Crippen LogP contribution in [0.15, 0.2) is 53.2 Å². The molecule has 0 unspecified atom stereocenters. The number of aromatic nitrogens is 2. The smallest absolute Gasteiger partial charge is 0.232 e. The van der Waals surface area contributed by atoms with Crippen LogP contribution in [0.5, 0.6) is 17.4 Å². The maximum Gasteiger partial charge on any atom is 0.232 e. The van der Waals surface area contributed by atoms with Crippen molar-refractivity contribution in [2.75, 3.05) is 12.4 Å². The van der Waals surface area contributed by atoms with Gasteiger partial charge in [-0.2, -0.15) is 0 Å². The molecule has 2 aromatic heterocycles. The Hall–Kier alpha value is -3.35. The second-order valence-electron chi connectivity index (χ2n) is 5.30. The van der Waals surface area contributed by atoms with E-state index in [0.717, 1.165) is 5.69 Å². The molecule has 0 saturated carbocycles. The Balaban J connectivity index is 1.61. The number of anilines is 1. The summed E-state index contributed by atoms with van der Waals surface area (Å²) in [5, 5.41) is 6.49. The molecule has 0 radical (unpaired) electrons. The van der Waals surface area contributed by atoms with Crippen LogP contribution in [0.3, 0.4) is 0 Å². The van der Waals surface area contributed by atoms with Crippen molar-refractivity contribution in [3.05, 3.63) is 60.1 Å². The quantitative estimate of drug-likeness (QED) is 0.741. The van der Waals surface area contributed by atoms with Crippen molar-refractivity contribution in [2.45, 2.75) is 13.3 Å². The van der Waals surface area contributed by atoms with Crippen molar-refractivity contribution in [2.24, 2.45) is 0 Å². The van der Waals surface area contributed by atoms with E-state index in [2.05, 4.69) is 15.5 Å². The van der Waals surface area contributed by atoms with Crippen molar-refractivity contribution in [1.29, 1.82) is 0 Å². The average Bonchev–Trinajstić information content (AvgIpc) is 3.02. The number of nitrogens with zero attached hydrogens (tertiary/aromatic N) is 2. The van der Waals surface area contributed by atoms with Gasteiger partial charge in [-0.15, -0.1) is 0 Å². The van der Waals surface area contributed by atoms with Gasteiger partial charge in [0.15, 0.2) is 11.5 Å². The second kappa shape index (κ2) is 7.48. The zero-order chi connectivity index (χ0) is 17.6. The maximum atomic E-state index is 12.0. The average molecular weight is 339 g/mol. The first-order chi connectivity index (χ1) is 12.1. The van der Waals surface area contributed by atoms with Crippen LogP contribution in [-0.2, 0) is 11.2 Å². The first-order valence-corrected chi connectivity index (χ1v) is 7.63. The van der Waals surface area contributed by atoms with Crippen molar-refractivity contribution in [3.8, 4) is 17.4 Å². The summed E-state index contributed by atoms with van der Waals surface area (Å²) in [5.74, 6) is 1.88. The number of rotatable bonds is 6. The Morgan fingerprint density at radius 3 is 2.64 bits per heavy atom. The Labute approximate surface area is 144 Å². The van der Waals surface area contributed by atoms with Crippen LogP contribution in [-0.4, -0.2) is 23.2 Å². The van der Waals surface area contributed by atoms with Gasteiger partial charge < -0.3 is 19.3 Å². The normalized spacial score (nSPS) is 10.3. The molecule has 0 aliphatic rings. The highest BCUT2D eigenvalue weighted by atomic mass is 16.5. The van der Waals surface area contributed by atoms with Crippen molar-refractivity contribution >= 4 is 11.6 Å². The number of carbonyl (C=O) groups is 1. The molecule has 3 rings (SSSR count). The van der Waals surface area contributed by atoms with E-state index in [0.29, 0.717) is 28.8 Å². The third-order valence-corrected chi connectivity index (χ3v) is 3.32. The lowest BCUT2D eigenvalue weighted by Gasteiger charge is -2.09. The minimum absolute atomic E-state index is 0.111. The molecule has 0 aliphatic carbocycles. The van der Waals surface area contributed by atoms with E-state index in [9.17, 15) is 4.79 Å². The van der Waals surface area contributed by atoms with Gasteiger partial charge in [0, 0.05) is 12.1 Å². The van der Waals surface area contributed by atoms with Crippen LogP contribution in [0, 0.1) is 6.92 Å². The summed E-state index contributed by atoms with van der Waals surface area (Å²) >= 11 is 0. The lowest BCUT2D eigenvalue weighted by atomic mass is 10.3. The van der Waals surface area contributed by atoms with Gasteiger partial charge >= 0.3 is 0 Å². The van der Waals surface area contributed by atoms with Crippen molar-refractivity contribution < 1.29 is 18.8 Å². The topological polar surface area (TPSA) is 86.5 Å². The summed E-state index contributed by atoms with van der Waals surface area (Å²) in [4.78, 5) is 16.2. The molecule has 7 nitrogen and oxygen atoms in total. The number of hydrogen-bond acceptors (Lipinski definition) is 6. The Morgan fingerprint density at radius 1 is 1.20 bits per heavy atom. The highest BCUT2D eigenvalue weighted by molar-refractivity contribution is 5.91. The first-order valence-electron chi connectivity index (χ1n) is 7.63. The largest absolute Gasteiger partial charge is 0.493 e. The molecule has 25 heavy (non-hydrogen) atoms. The molecule has 0 saturated heterocycles. The molecule has 0 aliphatic heterocycles. The number of nitrogens with one attached hydrogen (secondary N) is 1. The zero-order valence-electron chi connectivity index (χ0n) is 13.9. The van der Waals surface area contributed by atoms with Crippen molar-refractivity contribution in [3.63, 3.8) is 0 Å². The van der Waals surface area contributed by atoms with E-state index in [1.165, 1.54) is 6.20 Å². The van der Waals surface area contributed by atoms with Crippen molar-refractivity contribution in [1.82, 2.24) is 10.1 Å². The summed E-state index contributed by atoms with van der Waals surface area (Å²) in [6.45, 7) is 1.80. The van der Waals surface area contributed by atoms with Gasteiger partial charge in [-0.25, -0.2) is 4.98 Å². The number of aryl methyl sites for hydroxylation is 1. The highest BCUT2D eigenvalue weighted by Gasteiger charge is 2.09. The summed E-state index contributed by atoms with van der Waals surface area (Å²) in [5.41, 5.74) is 1.30. The predicted octanol–water partition coefficient (Wildman–Crippen LogP) is 3.36. The monoisotopic (exact) mass is 339 g/mol. The molecule has 3 aromatic rings. The van der Waals surface area contributed by atoms with E-state index in [-0.39, 0.29) is 12.3 Å². The van der Waals surface area contributed by atoms with Gasteiger partial charge in [0.25, 0.3) is 0 Å². The Morgan fingerprint density at radius 2 is 2.00 bits per heavy atom. The number of hydrogen-bond donors (Lipinski definition) is 1. The molecule has 0 spiro atoms. The fourth-order valence-electron chi connectivity index (χ4n) is 2.19. The van der Waals surface area contributed by atoms with Gasteiger partial charge in [0.2, 0.25) is 11.8 Å². The molecular formula is C18H17N3O4. The number of ether oxygens (including phenoxy) is 2. The summed E-state index contributed by atoms with van der Waals surface area (Å²) in [7, 11) is 1.57. The molecule has 1 amide bonds. The molecule has 1 aromatic carbocycles. The summed E-state index contributed by atoms with van der Waals surface area (Å²) in [6, 6.07) is 12.4. The van der Waals surface area contributed by atoms with Crippen LogP contribution >= 0.6 is 0 Å². The number of carbonyl (C=O) groups excluding carboxylic acids is 1. The van der Waals surface area contributed by atoms with E-state index in [1.54, 1.807) is 44.4 Å². The number of pyridine rings is 1. The Bertz CT molecular complexity index is 859. The van der Waals surface area contributed by atoms with E-state index < -0.39 is 0 Å². The van der Waals surface area contributed by atoms with Crippen LogP contribution in [0.2, 0.25) is 0 Å². The van der Waals surface area contributed by atoms with E-state index in [1.807, 2.05) is 12.1 Å². The minimum Gasteiger partial charge on any atom is -0.493 e. The maximum absolute atomic E-state index is 12.0. The molecular weight excluding hydrogens is 322 g/mol. The third kappa shape index (κ3) is 4.35. The van der Waals surface area contributed by atoms with Gasteiger partial charge in [0.05, 0.1) is 31.1 Å². The van der Waals surface area contributed by atoms with Gasteiger partial charge in [0.1, 0.15) is 5.76 Å². The molecule has 0 atom stereocenters. The second-order valence-corrected chi connectivity index (χ2v) is 5.30. The molecule has 0 bridgehead atoms. The van der Waals surface area contributed by atoms with Gasteiger partial charge in [-0.05, 0) is 25.1 Å². The minimum atomic E-state index is -0.212. The fraction of sp³-hybridized carbons (Fsp3) is 0.167. The van der Waals surface area contributed by atoms with Crippen LogP contribution < -0.4 is 14.8 Å². The van der Waals surface area contributed by atoms with E-state index in [4.69, 9.17) is 14.0 Å². The fourth-order valence-corrected chi connectivity index (χ4v) is 2.19. The molecule has 0 fully saturated rings. The number of amides is 1. The number of para-hydroxylation sites is 2. The first kappa shape index (κ1) is 16.5. The molecule has 128 valence electrons. The predicted molar refractivity (Wildman–Crippen MR) is 90.9 cm³/mol. The molecule has 7 heteroatoms. The van der Waals surface area contributed by atoms with Crippen LogP contribution in [0.4, 0.5) is 5.69 Å². The molecule has 2 heterocycles. The van der Waals surface area contributed by atoms with E-state index >= 15 is 0 Å². The lowest BCUT2D eigenvalue weighted by molar-refractivity contribution is -0.115. The lowest BCUT2D eigenvalue weighted by Crippen LogP contribution is -2.14.